The molecule has 0 bridgehead atoms. The molecule has 0 saturated heterocycles. The Kier molecular flexibility index (Phi) is 6.72. The third kappa shape index (κ3) is 5.25. The highest BCUT2D eigenvalue weighted by Gasteiger charge is 2.33. The third-order valence-electron chi connectivity index (χ3n) is 3.76. The van der Waals surface area contributed by atoms with Crippen LogP contribution in [0, 0.1) is 0 Å². The van der Waals surface area contributed by atoms with Crippen molar-refractivity contribution in [3.05, 3.63) is 58.6 Å². The highest BCUT2D eigenvalue weighted by molar-refractivity contribution is 7.80. The summed E-state index contributed by atoms with van der Waals surface area (Å²) in [5, 5.41) is 5.75. The summed E-state index contributed by atoms with van der Waals surface area (Å²) in [6.07, 6.45) is -3.79. The lowest BCUT2D eigenvalue weighted by molar-refractivity contribution is -0.137. The van der Waals surface area contributed by atoms with Gasteiger partial charge in [-0.25, -0.2) is 0 Å². The van der Waals surface area contributed by atoms with Crippen LogP contribution in [0.2, 0.25) is 5.02 Å². The zero-order valence-electron chi connectivity index (χ0n) is 14.2. The minimum absolute atomic E-state index is 0.0877. The van der Waals surface area contributed by atoms with E-state index in [0.29, 0.717) is 0 Å². The van der Waals surface area contributed by atoms with E-state index in [1.54, 1.807) is 7.11 Å². The molecule has 0 aromatic heterocycles. The molecular weight excluding hydrogens is 385 g/mol. The molecule has 0 spiro atoms. The molecular formula is C18H18ClF3N2OS. The van der Waals surface area contributed by atoms with E-state index in [1.807, 2.05) is 31.2 Å². The number of rotatable bonds is 5. The van der Waals surface area contributed by atoms with Crippen LogP contribution in [0.5, 0.6) is 5.75 Å². The van der Waals surface area contributed by atoms with E-state index in [2.05, 4.69) is 10.6 Å². The fourth-order valence-corrected chi connectivity index (χ4v) is 2.89. The zero-order valence-corrected chi connectivity index (χ0v) is 15.7. The molecule has 0 aliphatic carbocycles. The highest BCUT2D eigenvalue weighted by Crippen LogP contribution is 2.36. The SMILES string of the molecule is CCC(NC(=S)Nc1ccc(Cl)c(C(F)(F)F)c1)c1ccc(OC)cc1. The number of alkyl halides is 3. The molecule has 1 unspecified atom stereocenters. The number of nitrogens with one attached hydrogen (secondary N) is 2. The predicted molar refractivity (Wildman–Crippen MR) is 102 cm³/mol. The molecule has 2 rings (SSSR count). The molecule has 140 valence electrons. The van der Waals surface area contributed by atoms with Crippen LogP contribution in [0.1, 0.15) is 30.5 Å². The number of hydrogen-bond acceptors (Lipinski definition) is 2. The van der Waals surface area contributed by atoms with Crippen molar-refractivity contribution in [1.29, 1.82) is 0 Å². The Hall–Kier alpha value is -1.99. The van der Waals surface area contributed by atoms with Gasteiger partial charge in [-0.2, -0.15) is 13.2 Å². The predicted octanol–water partition coefficient (Wildman–Crippen LogP) is 5.81. The van der Waals surface area contributed by atoms with Crippen LogP contribution in [0.15, 0.2) is 42.5 Å². The molecule has 0 amide bonds. The van der Waals surface area contributed by atoms with Crippen LogP contribution in [-0.4, -0.2) is 12.2 Å². The molecule has 2 N–H and O–H groups in total. The summed E-state index contributed by atoms with van der Waals surface area (Å²) in [5.74, 6) is 0.741. The molecule has 2 aromatic rings. The fraction of sp³-hybridized carbons (Fsp3) is 0.278. The highest BCUT2D eigenvalue weighted by atomic mass is 35.5. The summed E-state index contributed by atoms with van der Waals surface area (Å²) in [4.78, 5) is 0. The molecule has 0 fully saturated rings. The molecule has 2 aromatic carbocycles. The van der Waals surface area contributed by atoms with Crippen molar-refractivity contribution in [2.75, 3.05) is 12.4 Å². The first-order chi connectivity index (χ1) is 12.2. The van der Waals surface area contributed by atoms with Crippen LogP contribution in [-0.2, 0) is 6.18 Å². The maximum Gasteiger partial charge on any atom is 0.417 e. The van der Waals surface area contributed by atoms with E-state index in [1.165, 1.54) is 12.1 Å². The molecule has 8 heteroatoms. The first kappa shape index (κ1) is 20.3. The first-order valence-electron chi connectivity index (χ1n) is 7.82. The number of anilines is 1. The van der Waals surface area contributed by atoms with Crippen molar-refractivity contribution in [2.45, 2.75) is 25.6 Å². The summed E-state index contributed by atoms with van der Waals surface area (Å²) >= 11 is 10.9. The second-order valence-corrected chi connectivity index (χ2v) is 6.34. The smallest absolute Gasteiger partial charge is 0.417 e. The Bertz CT molecular complexity index is 766. The lowest BCUT2D eigenvalue weighted by atomic mass is 10.0. The maximum absolute atomic E-state index is 12.9. The maximum atomic E-state index is 12.9. The van der Waals surface area contributed by atoms with Crippen molar-refractivity contribution in [3.8, 4) is 5.75 Å². The molecule has 0 heterocycles. The summed E-state index contributed by atoms with van der Waals surface area (Å²) in [5.41, 5.74) is 0.294. The van der Waals surface area contributed by atoms with Gasteiger partial charge in [-0.1, -0.05) is 30.7 Å². The average Bonchev–Trinajstić information content (AvgIpc) is 2.60. The minimum Gasteiger partial charge on any atom is -0.497 e. The molecule has 0 aliphatic heterocycles. The van der Waals surface area contributed by atoms with E-state index in [4.69, 9.17) is 28.6 Å². The van der Waals surface area contributed by atoms with Crippen LogP contribution in [0.25, 0.3) is 0 Å². The van der Waals surface area contributed by atoms with Gasteiger partial charge in [-0.05, 0) is 54.5 Å². The van der Waals surface area contributed by atoms with Gasteiger partial charge >= 0.3 is 6.18 Å². The van der Waals surface area contributed by atoms with E-state index < -0.39 is 11.7 Å². The van der Waals surface area contributed by atoms with Gasteiger partial charge in [0.25, 0.3) is 0 Å². The van der Waals surface area contributed by atoms with Gasteiger partial charge in [-0.15, -0.1) is 0 Å². The van der Waals surface area contributed by atoms with Crippen molar-refractivity contribution < 1.29 is 17.9 Å². The van der Waals surface area contributed by atoms with E-state index >= 15 is 0 Å². The summed E-state index contributed by atoms with van der Waals surface area (Å²) in [6, 6.07) is 11.0. The third-order valence-corrected chi connectivity index (χ3v) is 4.31. The second kappa shape index (κ2) is 8.60. The van der Waals surface area contributed by atoms with Crippen LogP contribution in [0.3, 0.4) is 0 Å². The molecule has 0 radical (unpaired) electrons. The number of thiocarbonyl (C=S) groups is 1. The Balaban J connectivity index is 2.09. The monoisotopic (exact) mass is 402 g/mol. The largest absolute Gasteiger partial charge is 0.497 e. The van der Waals surface area contributed by atoms with E-state index in [0.717, 1.165) is 23.8 Å². The van der Waals surface area contributed by atoms with Gasteiger partial charge in [0.15, 0.2) is 5.11 Å². The lowest BCUT2D eigenvalue weighted by Crippen LogP contribution is -2.32. The van der Waals surface area contributed by atoms with Crippen molar-refractivity contribution in [1.82, 2.24) is 5.32 Å². The average molecular weight is 403 g/mol. The van der Waals surface area contributed by atoms with E-state index in [-0.39, 0.29) is 21.9 Å². The van der Waals surface area contributed by atoms with Gasteiger partial charge in [0, 0.05) is 5.69 Å². The van der Waals surface area contributed by atoms with Crippen molar-refractivity contribution in [3.63, 3.8) is 0 Å². The fourth-order valence-electron chi connectivity index (χ4n) is 2.40. The second-order valence-electron chi connectivity index (χ2n) is 5.52. The quantitative estimate of drug-likeness (QED) is 0.619. The molecule has 1 atom stereocenters. The molecule has 0 saturated carbocycles. The number of ether oxygens (including phenoxy) is 1. The van der Waals surface area contributed by atoms with Crippen LogP contribution < -0.4 is 15.4 Å². The minimum atomic E-state index is -4.53. The number of methoxy groups -OCH3 is 1. The summed E-state index contributed by atoms with van der Waals surface area (Å²) in [6.45, 7) is 1.98. The first-order valence-corrected chi connectivity index (χ1v) is 8.61. The standard InChI is InChI=1S/C18H18ClF3N2OS/c1-3-16(11-4-7-13(25-2)8-5-11)24-17(26)23-12-6-9-15(19)14(10-12)18(20,21)22/h4-10,16H,3H2,1-2H3,(H2,23,24,26). The Morgan fingerprint density at radius 1 is 1.19 bits per heavy atom. The van der Waals surface area contributed by atoms with Gasteiger partial charge in [0.2, 0.25) is 0 Å². The summed E-state index contributed by atoms with van der Waals surface area (Å²) in [7, 11) is 1.59. The van der Waals surface area contributed by atoms with E-state index in [9.17, 15) is 13.2 Å². The van der Waals surface area contributed by atoms with Gasteiger partial charge in [0.05, 0.1) is 23.7 Å². The Labute approximate surface area is 160 Å². The van der Waals surface area contributed by atoms with Crippen molar-refractivity contribution >= 4 is 34.6 Å². The number of benzene rings is 2. The molecule has 26 heavy (non-hydrogen) atoms. The topological polar surface area (TPSA) is 33.3 Å². The summed E-state index contributed by atoms with van der Waals surface area (Å²) < 4.78 is 44.0. The van der Waals surface area contributed by atoms with Gasteiger partial charge in [-0.3, -0.25) is 0 Å². The Morgan fingerprint density at radius 3 is 2.38 bits per heavy atom. The zero-order chi connectivity index (χ0) is 19.3. The number of hydrogen-bond donors (Lipinski definition) is 2. The van der Waals surface area contributed by atoms with Crippen molar-refractivity contribution in [2.24, 2.45) is 0 Å². The molecule has 0 aliphatic rings. The Morgan fingerprint density at radius 2 is 1.85 bits per heavy atom. The van der Waals surface area contributed by atoms with Crippen LogP contribution in [0.4, 0.5) is 18.9 Å². The molecule has 3 nitrogen and oxygen atoms in total. The van der Waals surface area contributed by atoms with Crippen LogP contribution >= 0.6 is 23.8 Å². The van der Waals surface area contributed by atoms with Gasteiger partial charge < -0.3 is 15.4 Å². The normalized spacial score (nSPS) is 12.4. The van der Waals surface area contributed by atoms with Gasteiger partial charge in [0.1, 0.15) is 5.75 Å². The lowest BCUT2D eigenvalue weighted by Gasteiger charge is -2.21. The number of halogens is 4.